The predicted molar refractivity (Wildman–Crippen MR) is 46.9 cm³/mol. The Hall–Kier alpha value is 1.02. The summed E-state index contributed by atoms with van der Waals surface area (Å²) in [6.07, 6.45) is 4.13. The van der Waals surface area contributed by atoms with Gasteiger partial charge < -0.3 is 10.2 Å². The van der Waals surface area contributed by atoms with Gasteiger partial charge in [0.15, 0.2) is 0 Å². The molecule has 2 nitrogen and oxygen atoms in total. The van der Waals surface area contributed by atoms with Crippen LogP contribution in [0.2, 0.25) is 0 Å². The zero-order chi connectivity index (χ0) is 7.73. The molecule has 2 rings (SSSR count). The van der Waals surface area contributed by atoms with Crippen molar-refractivity contribution in [3.63, 3.8) is 0 Å². The van der Waals surface area contributed by atoms with Crippen molar-refractivity contribution < 1.29 is 32.7 Å². The van der Waals surface area contributed by atoms with Gasteiger partial charge in [0, 0.05) is 32.7 Å². The second-order valence-corrected chi connectivity index (χ2v) is 4.16. The van der Waals surface area contributed by atoms with E-state index < -0.39 is 0 Å². The molecule has 2 fully saturated rings. The first kappa shape index (κ1) is 11.1. The van der Waals surface area contributed by atoms with Crippen molar-refractivity contribution >= 4 is 0 Å². The summed E-state index contributed by atoms with van der Waals surface area (Å²) in [6, 6.07) is 0. The van der Waals surface area contributed by atoms with Gasteiger partial charge in [-0.15, -0.1) is 13.1 Å². The van der Waals surface area contributed by atoms with Gasteiger partial charge in [-0.05, 0) is 38.4 Å². The molecular weight excluding hydrogens is 225 g/mol. The van der Waals surface area contributed by atoms with E-state index in [0.717, 1.165) is 13.1 Å². The molecule has 1 spiro atoms. The molecule has 1 radical (unpaired) electrons. The van der Waals surface area contributed by atoms with Gasteiger partial charge in [-0.2, -0.15) is 0 Å². The molecule has 0 aromatic heterocycles. The first-order chi connectivity index (χ1) is 5.31. The minimum atomic E-state index is 0. The van der Waals surface area contributed by atoms with Gasteiger partial charge in [0.2, 0.25) is 0 Å². The Morgan fingerprint density at radius 1 is 1.17 bits per heavy atom. The molecule has 0 aliphatic carbocycles. The van der Waals surface area contributed by atoms with Crippen LogP contribution < -0.4 is 0 Å². The predicted octanol–water partition coefficient (Wildman–Crippen LogP) is 1.47. The topological polar surface area (TPSA) is 17.3 Å². The molecule has 0 atom stereocenters. The molecule has 0 N–H and O–H groups in total. The van der Waals surface area contributed by atoms with E-state index in [4.69, 9.17) is 0 Å². The molecule has 67 valence electrons. The molecule has 2 saturated heterocycles. The Kier molecular flexibility index (Phi) is 4.16. The first-order valence-corrected chi connectivity index (χ1v) is 4.63. The maximum atomic E-state index is 4.47. The smallest absolute Gasteiger partial charge is 0 e. The van der Waals surface area contributed by atoms with E-state index >= 15 is 0 Å². The zero-order valence-electron chi connectivity index (χ0n) is 7.92. The Morgan fingerprint density at radius 2 is 1.83 bits per heavy atom. The fourth-order valence-electron chi connectivity index (χ4n) is 2.21. The molecule has 2 aliphatic rings. The fraction of sp³-hybridized carbons (Fsp3) is 1.00. The van der Waals surface area contributed by atoms with E-state index in [0.29, 0.717) is 5.41 Å². The van der Waals surface area contributed by atoms with Crippen LogP contribution in [-0.2, 0) is 32.7 Å². The number of hydrogen-bond acceptors (Lipinski definition) is 1. The van der Waals surface area contributed by atoms with Crippen molar-refractivity contribution in [2.75, 3.05) is 33.2 Å². The molecule has 3 heteroatoms. The zero-order valence-corrected chi connectivity index (χ0v) is 10.8. The molecule has 2 heterocycles. The summed E-state index contributed by atoms with van der Waals surface area (Å²) in [4.78, 5) is 2.43. The third-order valence-corrected chi connectivity index (χ3v) is 3.30. The van der Waals surface area contributed by atoms with E-state index in [1.165, 1.54) is 32.4 Å². The Balaban J connectivity index is 0.000000720. The van der Waals surface area contributed by atoms with E-state index in [-0.39, 0.29) is 32.7 Å². The van der Waals surface area contributed by atoms with Gasteiger partial charge in [-0.25, -0.2) is 0 Å². The van der Waals surface area contributed by atoms with Crippen LogP contribution in [0, 0.1) is 5.41 Å². The van der Waals surface area contributed by atoms with Crippen LogP contribution in [0.5, 0.6) is 0 Å². The van der Waals surface area contributed by atoms with Crippen molar-refractivity contribution in [2.45, 2.75) is 19.3 Å². The number of rotatable bonds is 0. The van der Waals surface area contributed by atoms with E-state index in [9.17, 15) is 0 Å². The second kappa shape index (κ2) is 4.50. The maximum absolute atomic E-state index is 4.47. The molecule has 0 bridgehead atoms. The minimum Gasteiger partial charge on any atom is -0.662 e. The molecule has 0 saturated carbocycles. The minimum absolute atomic E-state index is 0. The third kappa shape index (κ3) is 2.28. The van der Waals surface area contributed by atoms with Crippen molar-refractivity contribution in [3.05, 3.63) is 5.32 Å². The van der Waals surface area contributed by atoms with E-state index in [2.05, 4.69) is 17.3 Å². The van der Waals surface area contributed by atoms with Gasteiger partial charge in [0.25, 0.3) is 0 Å². The van der Waals surface area contributed by atoms with Crippen molar-refractivity contribution in [1.29, 1.82) is 0 Å². The summed E-state index contributed by atoms with van der Waals surface area (Å²) >= 11 is 0. The normalized spacial score (nSPS) is 28.8. The van der Waals surface area contributed by atoms with Gasteiger partial charge in [-0.3, -0.25) is 0 Å². The largest absolute Gasteiger partial charge is 0.662 e. The second-order valence-electron chi connectivity index (χ2n) is 4.16. The van der Waals surface area contributed by atoms with Crippen LogP contribution in [-0.4, -0.2) is 38.1 Å². The van der Waals surface area contributed by atoms with Crippen LogP contribution >= 0.6 is 0 Å². The number of hydrogen-bond donors (Lipinski definition) is 0. The number of nitrogens with zero attached hydrogens (tertiary/aromatic N) is 2. The van der Waals surface area contributed by atoms with Crippen LogP contribution in [0.4, 0.5) is 0 Å². The van der Waals surface area contributed by atoms with Crippen molar-refractivity contribution in [1.82, 2.24) is 4.90 Å². The summed E-state index contributed by atoms with van der Waals surface area (Å²) in [7, 11) is 2.22. The Bertz CT molecular complexity index is 133. The summed E-state index contributed by atoms with van der Waals surface area (Å²) in [5.74, 6) is 0. The third-order valence-electron chi connectivity index (χ3n) is 3.30. The number of likely N-dealkylation sites (tertiary alicyclic amines) is 1. The van der Waals surface area contributed by atoms with Gasteiger partial charge in [0.1, 0.15) is 0 Å². The molecule has 0 unspecified atom stereocenters. The molecule has 12 heavy (non-hydrogen) atoms. The Labute approximate surface area is 100 Å². The molecule has 0 aromatic rings. The standard InChI is InChI=1S/C9H17N2.Y/c1-11-6-3-9(4-7-11)2-5-10-8-9;/h2-8H2,1H3;/q-1;. The van der Waals surface area contributed by atoms with Crippen LogP contribution in [0.15, 0.2) is 0 Å². The molecular formula is C9H17N2Y-. The van der Waals surface area contributed by atoms with Gasteiger partial charge >= 0.3 is 0 Å². The Morgan fingerprint density at radius 3 is 2.33 bits per heavy atom. The average molecular weight is 242 g/mol. The maximum Gasteiger partial charge on any atom is 0 e. The average Bonchev–Trinajstić information content (AvgIpc) is 2.45. The van der Waals surface area contributed by atoms with Gasteiger partial charge in [0.05, 0.1) is 0 Å². The summed E-state index contributed by atoms with van der Waals surface area (Å²) in [5.41, 5.74) is 0.645. The first-order valence-electron chi connectivity index (χ1n) is 4.63. The molecule has 2 aliphatic heterocycles. The van der Waals surface area contributed by atoms with E-state index in [1.54, 1.807) is 0 Å². The SMILES string of the molecule is CN1CCC2(CC[N-]C2)CC1.[Y]. The number of piperidine rings is 1. The van der Waals surface area contributed by atoms with E-state index in [1.807, 2.05) is 0 Å². The quantitative estimate of drug-likeness (QED) is 0.628. The molecule has 0 aromatic carbocycles. The van der Waals surface area contributed by atoms with Crippen LogP contribution in [0.3, 0.4) is 0 Å². The summed E-state index contributed by atoms with van der Waals surface area (Å²) < 4.78 is 0. The fourth-order valence-corrected chi connectivity index (χ4v) is 2.21. The van der Waals surface area contributed by atoms with Gasteiger partial charge in [-0.1, -0.05) is 6.42 Å². The van der Waals surface area contributed by atoms with Crippen LogP contribution in [0.1, 0.15) is 19.3 Å². The van der Waals surface area contributed by atoms with Crippen molar-refractivity contribution in [3.8, 4) is 0 Å². The summed E-state index contributed by atoms with van der Waals surface area (Å²) in [5, 5.41) is 4.47. The monoisotopic (exact) mass is 242 g/mol. The molecule has 0 amide bonds. The van der Waals surface area contributed by atoms with Crippen LogP contribution in [0.25, 0.3) is 5.32 Å². The summed E-state index contributed by atoms with van der Waals surface area (Å²) in [6.45, 7) is 4.86. The van der Waals surface area contributed by atoms with Crippen molar-refractivity contribution in [2.24, 2.45) is 5.41 Å².